The molecule has 1 aromatic rings. The van der Waals surface area contributed by atoms with Crippen LogP contribution in [0.2, 0.25) is 0 Å². The minimum atomic E-state index is -4.50. The molecule has 1 aromatic carbocycles. The summed E-state index contributed by atoms with van der Waals surface area (Å²) >= 11 is 5.20. The molecule has 19 heavy (non-hydrogen) atoms. The van der Waals surface area contributed by atoms with Gasteiger partial charge in [0.25, 0.3) is 0 Å². The van der Waals surface area contributed by atoms with Gasteiger partial charge in [-0.05, 0) is 29.0 Å². The number of aliphatic carboxylic acids is 1. The molecule has 3 nitrogen and oxygen atoms in total. The Morgan fingerprint density at radius 1 is 1.47 bits per heavy atom. The molecule has 0 aliphatic rings. The Kier molecular flexibility index (Phi) is 5.09. The average molecular weight is 310 g/mol. The zero-order chi connectivity index (χ0) is 14.6. The number of carbonyl (C=O) groups is 1. The Labute approximate surface area is 116 Å². The average Bonchev–Trinajstić information content (AvgIpc) is 2.27. The fourth-order valence-electron chi connectivity index (χ4n) is 1.48. The van der Waals surface area contributed by atoms with Gasteiger partial charge in [0.15, 0.2) is 0 Å². The highest BCUT2D eigenvalue weighted by molar-refractivity contribution is 8.00. The number of carboxylic acids is 1. The molecule has 0 atom stereocenters. The number of thioether (sulfide) groups is 1. The zero-order valence-electron chi connectivity index (χ0n) is 9.29. The van der Waals surface area contributed by atoms with E-state index < -0.39 is 17.9 Å². The summed E-state index contributed by atoms with van der Waals surface area (Å²) in [5, 5.41) is 17.7. The predicted molar refractivity (Wildman–Crippen MR) is 64.0 cm³/mol. The van der Waals surface area contributed by atoms with Crippen molar-refractivity contribution in [3.05, 3.63) is 28.8 Å². The number of nitriles is 1. The van der Waals surface area contributed by atoms with Crippen LogP contribution in [0, 0.1) is 11.3 Å². The molecule has 8 heteroatoms. The third-order valence-electron chi connectivity index (χ3n) is 2.17. The standard InChI is InChI=1S/C11H7ClF3NO2S/c12-4-7-8(5-16)6(3-10(17)18)1-2-9(7)19-11(13,14)15/h1-2H,3-4H2,(H,17,18). The quantitative estimate of drug-likeness (QED) is 0.682. The second-order valence-corrected chi connectivity index (χ2v) is 4.81. The third-order valence-corrected chi connectivity index (χ3v) is 3.27. The number of nitrogens with zero attached hydrogens (tertiary/aromatic N) is 1. The van der Waals surface area contributed by atoms with Crippen LogP contribution in [0.4, 0.5) is 13.2 Å². The summed E-state index contributed by atoms with van der Waals surface area (Å²) < 4.78 is 37.0. The van der Waals surface area contributed by atoms with Crippen molar-refractivity contribution in [2.24, 2.45) is 0 Å². The highest BCUT2D eigenvalue weighted by Crippen LogP contribution is 2.40. The van der Waals surface area contributed by atoms with Crippen LogP contribution in [0.1, 0.15) is 16.7 Å². The lowest BCUT2D eigenvalue weighted by atomic mass is 10.0. The zero-order valence-corrected chi connectivity index (χ0v) is 10.9. The van der Waals surface area contributed by atoms with Crippen LogP contribution >= 0.6 is 23.4 Å². The highest BCUT2D eigenvalue weighted by Gasteiger charge is 2.31. The minimum Gasteiger partial charge on any atom is -0.481 e. The van der Waals surface area contributed by atoms with Crippen LogP contribution in [0.25, 0.3) is 0 Å². The molecule has 0 amide bonds. The summed E-state index contributed by atoms with van der Waals surface area (Å²) in [5.41, 5.74) is -4.45. The smallest absolute Gasteiger partial charge is 0.446 e. The van der Waals surface area contributed by atoms with Crippen LogP contribution in [0.3, 0.4) is 0 Å². The van der Waals surface area contributed by atoms with Crippen LogP contribution in [0.15, 0.2) is 17.0 Å². The molecule has 0 aliphatic heterocycles. The SMILES string of the molecule is N#Cc1c(CC(=O)O)ccc(SC(F)(F)F)c1CCl. The van der Waals surface area contributed by atoms with Gasteiger partial charge in [-0.1, -0.05) is 6.07 Å². The van der Waals surface area contributed by atoms with Gasteiger partial charge >= 0.3 is 11.5 Å². The molecule has 1 N–H and O–H groups in total. The summed E-state index contributed by atoms with van der Waals surface area (Å²) in [6.07, 6.45) is -0.441. The minimum absolute atomic E-state index is 0.00485. The molecule has 0 heterocycles. The molecule has 0 saturated heterocycles. The highest BCUT2D eigenvalue weighted by atomic mass is 35.5. The van der Waals surface area contributed by atoms with Gasteiger partial charge in [-0.15, -0.1) is 11.6 Å². The Morgan fingerprint density at radius 2 is 2.11 bits per heavy atom. The molecule has 102 valence electrons. The molecule has 0 aliphatic carbocycles. The molecule has 0 radical (unpaired) electrons. The summed E-state index contributed by atoms with van der Waals surface area (Å²) in [5.74, 6) is -1.47. The van der Waals surface area contributed by atoms with E-state index in [2.05, 4.69) is 0 Å². The second-order valence-electron chi connectivity index (χ2n) is 3.44. The maximum absolute atomic E-state index is 12.3. The molecule has 0 spiro atoms. The van der Waals surface area contributed by atoms with E-state index in [1.54, 1.807) is 6.07 Å². The third kappa shape index (κ3) is 4.33. The maximum atomic E-state index is 12.3. The lowest BCUT2D eigenvalue weighted by Crippen LogP contribution is -2.07. The summed E-state index contributed by atoms with van der Waals surface area (Å²) in [7, 11) is 0. The molecule has 0 fully saturated rings. The Bertz CT molecular complexity index is 540. The molecule has 0 saturated carbocycles. The Hall–Kier alpha value is -1.39. The van der Waals surface area contributed by atoms with Gasteiger partial charge in [-0.2, -0.15) is 18.4 Å². The van der Waals surface area contributed by atoms with Gasteiger partial charge < -0.3 is 5.11 Å². The number of carboxylic acid groups (broad SMARTS) is 1. The van der Waals surface area contributed by atoms with Crippen molar-refractivity contribution in [3.63, 3.8) is 0 Å². The molecular formula is C11H7ClF3NO2S. The van der Waals surface area contributed by atoms with Gasteiger partial charge in [-0.25, -0.2) is 0 Å². The first kappa shape index (κ1) is 15.7. The Balaban J connectivity index is 3.31. The largest absolute Gasteiger partial charge is 0.481 e. The molecule has 1 rings (SSSR count). The summed E-state index contributed by atoms with van der Waals surface area (Å²) in [4.78, 5) is 10.4. The first-order chi connectivity index (χ1) is 8.78. The van der Waals surface area contributed by atoms with E-state index in [9.17, 15) is 18.0 Å². The summed E-state index contributed by atoms with van der Waals surface area (Å²) in [6, 6.07) is 4.06. The van der Waals surface area contributed by atoms with Crippen LogP contribution in [0.5, 0.6) is 0 Å². The van der Waals surface area contributed by atoms with Crippen LogP contribution < -0.4 is 0 Å². The number of alkyl halides is 4. The van der Waals surface area contributed by atoms with Crippen molar-refractivity contribution >= 4 is 29.3 Å². The first-order valence-corrected chi connectivity index (χ1v) is 6.22. The molecule has 0 bridgehead atoms. The van der Waals surface area contributed by atoms with E-state index in [0.29, 0.717) is 0 Å². The number of halogens is 4. The normalized spacial score (nSPS) is 11.1. The van der Waals surface area contributed by atoms with E-state index >= 15 is 0 Å². The topological polar surface area (TPSA) is 61.1 Å². The first-order valence-electron chi connectivity index (χ1n) is 4.87. The monoisotopic (exact) mass is 309 g/mol. The Morgan fingerprint density at radius 3 is 2.53 bits per heavy atom. The van der Waals surface area contributed by atoms with Crippen molar-refractivity contribution in [1.29, 1.82) is 5.26 Å². The molecular weight excluding hydrogens is 303 g/mol. The summed E-state index contributed by atoms with van der Waals surface area (Å²) in [6.45, 7) is 0. The maximum Gasteiger partial charge on any atom is 0.446 e. The fourth-order valence-corrected chi connectivity index (χ4v) is 2.52. The van der Waals surface area contributed by atoms with Crippen molar-refractivity contribution in [2.75, 3.05) is 0 Å². The number of hydrogen-bond donors (Lipinski definition) is 1. The van der Waals surface area contributed by atoms with E-state index in [1.807, 2.05) is 0 Å². The van der Waals surface area contributed by atoms with Crippen molar-refractivity contribution < 1.29 is 23.1 Å². The van der Waals surface area contributed by atoms with Crippen LogP contribution in [-0.2, 0) is 17.1 Å². The van der Waals surface area contributed by atoms with Crippen LogP contribution in [-0.4, -0.2) is 16.6 Å². The second kappa shape index (κ2) is 6.17. The van der Waals surface area contributed by atoms with Gasteiger partial charge in [0.1, 0.15) is 0 Å². The van der Waals surface area contributed by atoms with Gasteiger partial charge in [0.05, 0.1) is 18.1 Å². The van der Waals surface area contributed by atoms with E-state index in [-0.39, 0.29) is 39.2 Å². The number of rotatable bonds is 4. The fraction of sp³-hybridized carbons (Fsp3) is 0.273. The number of benzene rings is 1. The predicted octanol–water partition coefficient (Wildman–Crippen LogP) is 3.54. The lowest BCUT2D eigenvalue weighted by Gasteiger charge is -2.13. The van der Waals surface area contributed by atoms with E-state index in [4.69, 9.17) is 22.0 Å². The van der Waals surface area contributed by atoms with Crippen molar-refractivity contribution in [2.45, 2.75) is 22.7 Å². The van der Waals surface area contributed by atoms with E-state index in [1.165, 1.54) is 6.07 Å². The van der Waals surface area contributed by atoms with E-state index in [0.717, 1.165) is 6.07 Å². The lowest BCUT2D eigenvalue weighted by molar-refractivity contribution is -0.136. The van der Waals surface area contributed by atoms with Gasteiger partial charge in [-0.3, -0.25) is 4.79 Å². The van der Waals surface area contributed by atoms with Crippen molar-refractivity contribution in [1.82, 2.24) is 0 Å². The molecule has 0 aromatic heterocycles. The molecule has 0 unspecified atom stereocenters. The number of hydrogen-bond acceptors (Lipinski definition) is 3. The van der Waals surface area contributed by atoms with Crippen molar-refractivity contribution in [3.8, 4) is 6.07 Å². The van der Waals surface area contributed by atoms with Gasteiger partial charge in [0, 0.05) is 10.8 Å². The van der Waals surface area contributed by atoms with Gasteiger partial charge in [0.2, 0.25) is 0 Å².